The van der Waals surface area contributed by atoms with Crippen LogP contribution in [0.2, 0.25) is 0 Å². The van der Waals surface area contributed by atoms with Crippen molar-refractivity contribution >= 4 is 17.8 Å². The van der Waals surface area contributed by atoms with E-state index in [4.69, 9.17) is 0 Å². The Labute approximate surface area is 194 Å². The fourth-order valence-electron chi connectivity index (χ4n) is 3.96. The normalized spacial score (nSPS) is 14.0. The summed E-state index contributed by atoms with van der Waals surface area (Å²) in [6.07, 6.45) is 1.95. The number of alkyl halides is 2. The summed E-state index contributed by atoms with van der Waals surface area (Å²) in [7, 11) is 0. The molecule has 8 nitrogen and oxygen atoms in total. The molecule has 2 rings (SSSR count). The number of carboxylic acids is 1. The first-order valence-corrected chi connectivity index (χ1v) is 11.8. The molecule has 1 aromatic rings. The average molecular weight is 470 g/mol. The van der Waals surface area contributed by atoms with Gasteiger partial charge in [-0.2, -0.15) is 0 Å². The molecule has 1 unspecified atom stereocenters. The molecule has 1 atom stereocenters. The number of amides is 2. The highest BCUT2D eigenvalue weighted by molar-refractivity contribution is 5.82. The number of hydrogen-bond donors (Lipinski definition) is 3. The monoisotopic (exact) mass is 469 g/mol. The van der Waals surface area contributed by atoms with Gasteiger partial charge in [0.2, 0.25) is 0 Å². The number of anilines is 1. The van der Waals surface area contributed by atoms with Crippen molar-refractivity contribution in [1.29, 1.82) is 0 Å². The van der Waals surface area contributed by atoms with Crippen LogP contribution in [0.5, 0.6) is 0 Å². The van der Waals surface area contributed by atoms with Crippen LogP contribution in [0.15, 0.2) is 12.1 Å². The van der Waals surface area contributed by atoms with E-state index >= 15 is 0 Å². The maximum atomic E-state index is 13.1. The molecule has 1 aliphatic heterocycles. The van der Waals surface area contributed by atoms with E-state index in [2.05, 4.69) is 21.7 Å². The summed E-state index contributed by atoms with van der Waals surface area (Å²) >= 11 is 0. The first-order chi connectivity index (χ1) is 15.8. The number of aryl methyl sites for hydroxylation is 2. The lowest BCUT2D eigenvalue weighted by Gasteiger charge is -2.26. The van der Waals surface area contributed by atoms with Gasteiger partial charge in [-0.15, -0.1) is 0 Å². The maximum Gasteiger partial charge on any atom is 0.326 e. The van der Waals surface area contributed by atoms with E-state index in [1.807, 2.05) is 6.07 Å². The van der Waals surface area contributed by atoms with E-state index in [0.717, 1.165) is 43.7 Å². The SMILES string of the molecule is CCN(CC)C(=O)NC(CCN(CCCCc1ccc2c(n1)NCCC2)CC(F)F)C(=O)O. The zero-order valence-corrected chi connectivity index (χ0v) is 19.7. The summed E-state index contributed by atoms with van der Waals surface area (Å²) in [5.74, 6) is -0.218. The number of rotatable bonds is 14. The molecule has 0 saturated carbocycles. The number of carbonyl (C=O) groups is 2. The van der Waals surface area contributed by atoms with Crippen LogP contribution >= 0.6 is 0 Å². The first-order valence-electron chi connectivity index (χ1n) is 11.8. The lowest BCUT2D eigenvalue weighted by atomic mass is 10.1. The Morgan fingerprint density at radius 3 is 2.64 bits per heavy atom. The Morgan fingerprint density at radius 2 is 1.97 bits per heavy atom. The molecule has 10 heteroatoms. The summed E-state index contributed by atoms with van der Waals surface area (Å²) in [6.45, 7) is 5.64. The van der Waals surface area contributed by atoms with Crippen LogP contribution in [0, 0.1) is 0 Å². The van der Waals surface area contributed by atoms with Crippen molar-refractivity contribution in [2.75, 3.05) is 44.6 Å². The number of nitrogens with one attached hydrogen (secondary N) is 2. The summed E-state index contributed by atoms with van der Waals surface area (Å²) < 4.78 is 26.1. The van der Waals surface area contributed by atoms with Crippen molar-refractivity contribution < 1.29 is 23.5 Å². The third kappa shape index (κ3) is 9.11. The highest BCUT2D eigenvalue weighted by atomic mass is 19.3. The third-order valence-electron chi connectivity index (χ3n) is 5.89. The second-order valence-corrected chi connectivity index (χ2v) is 8.29. The zero-order valence-electron chi connectivity index (χ0n) is 19.7. The number of carboxylic acid groups (broad SMARTS) is 1. The number of aromatic nitrogens is 1. The number of urea groups is 1. The van der Waals surface area contributed by atoms with Gasteiger partial charge in [-0.1, -0.05) is 6.07 Å². The first kappa shape index (κ1) is 26.8. The fraction of sp³-hybridized carbons (Fsp3) is 0.696. The van der Waals surface area contributed by atoms with Crippen LogP contribution in [0.4, 0.5) is 19.4 Å². The highest BCUT2D eigenvalue weighted by Crippen LogP contribution is 2.20. The Kier molecular flexibility index (Phi) is 11.3. The van der Waals surface area contributed by atoms with Gasteiger partial charge in [0.25, 0.3) is 6.43 Å². The van der Waals surface area contributed by atoms with E-state index in [1.165, 1.54) is 10.5 Å². The average Bonchev–Trinajstić information content (AvgIpc) is 2.79. The van der Waals surface area contributed by atoms with E-state index in [-0.39, 0.29) is 13.0 Å². The Bertz CT molecular complexity index is 762. The van der Waals surface area contributed by atoms with Crippen molar-refractivity contribution in [3.8, 4) is 0 Å². The molecule has 3 N–H and O–H groups in total. The number of carbonyl (C=O) groups excluding carboxylic acids is 1. The van der Waals surface area contributed by atoms with Crippen LogP contribution < -0.4 is 10.6 Å². The van der Waals surface area contributed by atoms with Gasteiger partial charge in [0.05, 0.1) is 6.54 Å². The number of halogens is 2. The van der Waals surface area contributed by atoms with E-state index in [1.54, 1.807) is 18.7 Å². The minimum Gasteiger partial charge on any atom is -0.480 e. The fourth-order valence-corrected chi connectivity index (χ4v) is 3.96. The molecule has 1 aliphatic rings. The van der Waals surface area contributed by atoms with Crippen molar-refractivity contribution in [2.45, 2.75) is 64.8 Å². The molecular formula is C23H37F2N5O3. The number of hydrogen-bond acceptors (Lipinski definition) is 5. The summed E-state index contributed by atoms with van der Waals surface area (Å²) in [4.78, 5) is 31.5. The minimum atomic E-state index is -2.51. The van der Waals surface area contributed by atoms with Gasteiger partial charge >= 0.3 is 12.0 Å². The summed E-state index contributed by atoms with van der Waals surface area (Å²) in [5.41, 5.74) is 2.21. The van der Waals surface area contributed by atoms with Gasteiger partial charge in [-0.3, -0.25) is 4.90 Å². The standard InChI is InChI=1S/C23H37F2N5O3/c1-3-30(4-2)23(33)28-19(22(31)32)12-15-29(16-20(24)25)14-6-5-9-18-11-10-17-8-7-13-26-21(17)27-18/h10-11,19-20H,3-9,12-16H2,1-2H3,(H,26,27)(H,28,33)(H,31,32). The largest absolute Gasteiger partial charge is 0.480 e. The molecule has 0 bridgehead atoms. The molecule has 0 fully saturated rings. The van der Waals surface area contributed by atoms with Gasteiger partial charge in [0.1, 0.15) is 11.9 Å². The molecule has 2 heterocycles. The molecule has 33 heavy (non-hydrogen) atoms. The molecule has 1 aromatic heterocycles. The quantitative estimate of drug-likeness (QED) is 0.362. The molecular weight excluding hydrogens is 432 g/mol. The number of unbranched alkanes of at least 4 members (excludes halogenated alkanes) is 1. The van der Waals surface area contributed by atoms with Crippen LogP contribution in [0.1, 0.15) is 50.8 Å². The Hall–Kier alpha value is -2.49. The van der Waals surface area contributed by atoms with Crippen molar-refractivity contribution in [3.63, 3.8) is 0 Å². The van der Waals surface area contributed by atoms with Crippen molar-refractivity contribution in [2.24, 2.45) is 0 Å². The Balaban J connectivity index is 1.82. The van der Waals surface area contributed by atoms with E-state index < -0.39 is 31.0 Å². The van der Waals surface area contributed by atoms with Gasteiger partial charge in [0, 0.05) is 31.9 Å². The summed E-state index contributed by atoms with van der Waals surface area (Å²) in [6, 6.07) is 2.55. The molecule has 186 valence electrons. The number of nitrogens with zero attached hydrogens (tertiary/aromatic N) is 3. The molecule has 0 saturated heterocycles. The number of fused-ring (bicyclic) bond motifs is 1. The predicted octanol–water partition coefficient (Wildman–Crippen LogP) is 3.22. The van der Waals surface area contributed by atoms with Crippen molar-refractivity contribution in [3.05, 3.63) is 23.4 Å². The topological polar surface area (TPSA) is 97.8 Å². The van der Waals surface area contributed by atoms with Crippen LogP contribution in [-0.2, 0) is 17.6 Å². The minimum absolute atomic E-state index is 0.0626. The second-order valence-electron chi connectivity index (χ2n) is 8.29. The van der Waals surface area contributed by atoms with E-state index in [0.29, 0.717) is 26.1 Å². The molecule has 2 amide bonds. The van der Waals surface area contributed by atoms with Crippen LogP contribution in [0.3, 0.4) is 0 Å². The number of pyridine rings is 1. The lowest BCUT2D eigenvalue weighted by Crippen LogP contribution is -2.49. The van der Waals surface area contributed by atoms with Gasteiger partial charge < -0.3 is 20.6 Å². The van der Waals surface area contributed by atoms with Gasteiger partial charge in [-0.25, -0.2) is 23.4 Å². The molecule has 0 aromatic carbocycles. The van der Waals surface area contributed by atoms with Crippen LogP contribution in [0.25, 0.3) is 0 Å². The molecule has 0 spiro atoms. The van der Waals surface area contributed by atoms with E-state index in [9.17, 15) is 23.5 Å². The number of aliphatic carboxylic acids is 1. The second kappa shape index (κ2) is 13.9. The maximum absolute atomic E-state index is 13.1. The van der Waals surface area contributed by atoms with Crippen molar-refractivity contribution in [1.82, 2.24) is 20.1 Å². The predicted molar refractivity (Wildman–Crippen MR) is 124 cm³/mol. The molecule has 0 radical (unpaired) electrons. The Morgan fingerprint density at radius 1 is 1.21 bits per heavy atom. The molecule has 0 aliphatic carbocycles. The lowest BCUT2D eigenvalue weighted by molar-refractivity contribution is -0.139. The van der Waals surface area contributed by atoms with Crippen LogP contribution in [-0.4, -0.2) is 83.6 Å². The third-order valence-corrected chi connectivity index (χ3v) is 5.89. The summed E-state index contributed by atoms with van der Waals surface area (Å²) in [5, 5.41) is 15.3. The smallest absolute Gasteiger partial charge is 0.326 e. The highest BCUT2D eigenvalue weighted by Gasteiger charge is 2.23. The van der Waals surface area contributed by atoms with Gasteiger partial charge in [-0.05, 0) is 70.5 Å². The van der Waals surface area contributed by atoms with Gasteiger partial charge in [0.15, 0.2) is 0 Å². The zero-order chi connectivity index (χ0) is 24.2.